The van der Waals surface area contributed by atoms with Crippen molar-refractivity contribution < 1.29 is 19.7 Å². The van der Waals surface area contributed by atoms with Gasteiger partial charge >= 0.3 is 0 Å². The van der Waals surface area contributed by atoms with E-state index in [-0.39, 0.29) is 0 Å². The molecule has 0 aliphatic carbocycles. The molecule has 0 bridgehead atoms. The Labute approximate surface area is 175 Å². The second kappa shape index (κ2) is 8.69. The molecule has 160 valence electrons. The monoisotopic (exact) mass is 412 g/mol. The van der Waals surface area contributed by atoms with Crippen molar-refractivity contribution in [3.63, 3.8) is 0 Å². The van der Waals surface area contributed by atoms with E-state index in [1.54, 1.807) is 12.1 Å². The van der Waals surface area contributed by atoms with Gasteiger partial charge in [-0.3, -0.25) is 5.01 Å². The van der Waals surface area contributed by atoms with Crippen LogP contribution in [0.4, 0.5) is 11.4 Å². The highest BCUT2D eigenvalue weighted by molar-refractivity contribution is 5.41. The molecule has 3 saturated heterocycles. The molecule has 0 saturated carbocycles. The molecule has 8 heteroatoms. The zero-order valence-corrected chi connectivity index (χ0v) is 16.9. The summed E-state index contributed by atoms with van der Waals surface area (Å²) in [6.45, 7) is 3.52. The van der Waals surface area contributed by atoms with Gasteiger partial charge in [-0.25, -0.2) is 0 Å². The van der Waals surface area contributed by atoms with E-state index in [1.807, 2.05) is 41.4 Å². The van der Waals surface area contributed by atoms with Gasteiger partial charge < -0.3 is 25.4 Å². The Hall–Kier alpha value is -2.52. The van der Waals surface area contributed by atoms with Gasteiger partial charge in [0.2, 0.25) is 0 Å². The van der Waals surface area contributed by atoms with Crippen molar-refractivity contribution in [3.05, 3.63) is 59.7 Å². The van der Waals surface area contributed by atoms with E-state index in [2.05, 4.69) is 10.3 Å². The first kappa shape index (κ1) is 20.7. The van der Waals surface area contributed by atoms with Gasteiger partial charge in [0, 0.05) is 18.8 Å². The lowest BCUT2D eigenvalue weighted by Crippen LogP contribution is -2.46. The summed E-state index contributed by atoms with van der Waals surface area (Å²) < 4.78 is 9.98. The summed E-state index contributed by atoms with van der Waals surface area (Å²) in [5.41, 5.74) is 7.23. The molecule has 0 spiro atoms. The zero-order chi connectivity index (χ0) is 21.0. The number of aliphatic hydroxyl groups is 2. The third-order valence-electron chi connectivity index (χ3n) is 5.59. The number of nitrogens with zero attached hydrogens (tertiary/aromatic N) is 3. The molecule has 0 amide bonds. The highest BCUT2D eigenvalue weighted by Crippen LogP contribution is 2.31. The SMILES string of the molecule is Nc1ccc(C2(O)COC2)cc1.OC1(c2ccc(N=NN3CCCC3)cc2)COC1. The molecular formula is C22H28N4O4. The van der Waals surface area contributed by atoms with Crippen molar-refractivity contribution in [2.75, 3.05) is 45.3 Å². The molecule has 30 heavy (non-hydrogen) atoms. The Morgan fingerprint density at radius 3 is 1.67 bits per heavy atom. The summed E-state index contributed by atoms with van der Waals surface area (Å²) in [6, 6.07) is 14.8. The van der Waals surface area contributed by atoms with Crippen molar-refractivity contribution in [1.29, 1.82) is 0 Å². The number of rotatable bonds is 4. The summed E-state index contributed by atoms with van der Waals surface area (Å²) in [4.78, 5) is 0. The first-order chi connectivity index (χ1) is 14.5. The summed E-state index contributed by atoms with van der Waals surface area (Å²) >= 11 is 0. The van der Waals surface area contributed by atoms with Crippen molar-refractivity contribution in [1.82, 2.24) is 5.01 Å². The molecule has 3 aliphatic heterocycles. The maximum Gasteiger partial charge on any atom is 0.136 e. The lowest BCUT2D eigenvalue weighted by atomic mass is 9.92. The van der Waals surface area contributed by atoms with Crippen LogP contribution in [0.5, 0.6) is 0 Å². The average Bonchev–Trinajstić information content (AvgIpc) is 3.24. The van der Waals surface area contributed by atoms with Gasteiger partial charge in [0.25, 0.3) is 0 Å². The highest BCUT2D eigenvalue weighted by Gasteiger charge is 2.38. The number of anilines is 1. The van der Waals surface area contributed by atoms with Crippen LogP contribution >= 0.6 is 0 Å². The average molecular weight is 412 g/mol. The van der Waals surface area contributed by atoms with Gasteiger partial charge in [0.05, 0.1) is 32.1 Å². The van der Waals surface area contributed by atoms with E-state index in [9.17, 15) is 10.2 Å². The third kappa shape index (κ3) is 4.62. The van der Waals surface area contributed by atoms with Crippen LogP contribution in [0.1, 0.15) is 24.0 Å². The molecule has 4 N–H and O–H groups in total. The molecule has 2 aromatic carbocycles. The molecule has 0 aromatic heterocycles. The molecule has 3 heterocycles. The number of nitrogen functional groups attached to an aromatic ring is 1. The molecule has 5 rings (SSSR count). The molecule has 0 radical (unpaired) electrons. The Balaban J connectivity index is 0.000000158. The summed E-state index contributed by atoms with van der Waals surface area (Å²) in [6.07, 6.45) is 2.40. The molecule has 0 unspecified atom stereocenters. The maximum absolute atomic E-state index is 10.1. The van der Waals surface area contributed by atoms with E-state index >= 15 is 0 Å². The number of hydrogen-bond donors (Lipinski definition) is 3. The number of ether oxygens (including phenoxy) is 2. The van der Waals surface area contributed by atoms with Gasteiger partial charge in [-0.1, -0.05) is 29.5 Å². The lowest BCUT2D eigenvalue weighted by Gasteiger charge is -2.36. The third-order valence-corrected chi connectivity index (χ3v) is 5.59. The normalized spacial score (nSPS) is 21.5. The van der Waals surface area contributed by atoms with Crippen LogP contribution in [-0.2, 0) is 20.7 Å². The summed E-state index contributed by atoms with van der Waals surface area (Å²) in [5, 5.41) is 30.3. The van der Waals surface area contributed by atoms with E-state index in [0.717, 1.165) is 29.9 Å². The fourth-order valence-electron chi connectivity index (χ4n) is 3.46. The van der Waals surface area contributed by atoms with Crippen molar-refractivity contribution in [2.45, 2.75) is 24.0 Å². The molecule has 0 atom stereocenters. The summed E-state index contributed by atoms with van der Waals surface area (Å²) in [5.74, 6) is 0. The first-order valence-corrected chi connectivity index (χ1v) is 10.2. The Kier molecular flexibility index (Phi) is 6.01. The number of benzene rings is 2. The Morgan fingerprint density at radius 1 is 0.767 bits per heavy atom. The van der Waals surface area contributed by atoms with E-state index in [1.165, 1.54) is 12.8 Å². The minimum absolute atomic E-state index is 0.377. The van der Waals surface area contributed by atoms with Crippen LogP contribution in [0.2, 0.25) is 0 Å². The molecule has 3 aliphatic rings. The lowest BCUT2D eigenvalue weighted by molar-refractivity contribution is -0.184. The summed E-state index contributed by atoms with van der Waals surface area (Å²) in [7, 11) is 0. The molecule has 3 fully saturated rings. The van der Waals surface area contributed by atoms with Crippen LogP contribution in [0.25, 0.3) is 0 Å². The standard InChI is InChI=1S/C13H17N3O2.C9H11NO2/c17-13(9-18-10-13)11-3-5-12(6-4-11)14-15-16-7-1-2-8-16;10-8-3-1-7(2-4-8)9(11)5-12-6-9/h3-6,17H,1-2,7-10H2;1-4,11H,5-6,10H2. The topological polar surface area (TPSA) is 113 Å². The predicted octanol–water partition coefficient (Wildman–Crippen LogP) is 2.49. The van der Waals surface area contributed by atoms with Crippen LogP contribution in [0, 0.1) is 0 Å². The van der Waals surface area contributed by atoms with Gasteiger partial charge in [0.1, 0.15) is 11.2 Å². The van der Waals surface area contributed by atoms with Crippen molar-refractivity contribution in [2.24, 2.45) is 10.3 Å². The van der Waals surface area contributed by atoms with Crippen LogP contribution < -0.4 is 5.73 Å². The first-order valence-electron chi connectivity index (χ1n) is 10.2. The van der Waals surface area contributed by atoms with Crippen LogP contribution in [-0.4, -0.2) is 54.7 Å². The Bertz CT molecular complexity index is 856. The quantitative estimate of drug-likeness (QED) is 0.525. The van der Waals surface area contributed by atoms with E-state index < -0.39 is 11.2 Å². The highest BCUT2D eigenvalue weighted by atomic mass is 16.5. The predicted molar refractivity (Wildman–Crippen MR) is 112 cm³/mol. The second-order valence-corrected chi connectivity index (χ2v) is 8.07. The van der Waals surface area contributed by atoms with Crippen molar-refractivity contribution in [3.8, 4) is 0 Å². The second-order valence-electron chi connectivity index (χ2n) is 8.07. The van der Waals surface area contributed by atoms with Crippen LogP contribution in [0.15, 0.2) is 58.9 Å². The van der Waals surface area contributed by atoms with E-state index in [0.29, 0.717) is 32.1 Å². The van der Waals surface area contributed by atoms with Gasteiger partial charge in [0.15, 0.2) is 0 Å². The minimum atomic E-state index is -0.801. The molecular weight excluding hydrogens is 384 g/mol. The fourth-order valence-corrected chi connectivity index (χ4v) is 3.46. The molecule has 8 nitrogen and oxygen atoms in total. The smallest absolute Gasteiger partial charge is 0.136 e. The van der Waals surface area contributed by atoms with Gasteiger partial charge in [-0.05, 0) is 48.2 Å². The van der Waals surface area contributed by atoms with Gasteiger partial charge in [-0.15, -0.1) is 5.11 Å². The minimum Gasteiger partial charge on any atom is -0.399 e. The Morgan fingerprint density at radius 2 is 1.23 bits per heavy atom. The number of nitrogens with two attached hydrogens (primary N) is 1. The fraction of sp³-hybridized carbons (Fsp3) is 0.455. The van der Waals surface area contributed by atoms with Gasteiger partial charge in [-0.2, -0.15) is 0 Å². The van der Waals surface area contributed by atoms with Crippen LogP contribution in [0.3, 0.4) is 0 Å². The maximum atomic E-state index is 10.1. The van der Waals surface area contributed by atoms with E-state index in [4.69, 9.17) is 15.2 Å². The molecule has 2 aromatic rings. The largest absolute Gasteiger partial charge is 0.399 e. The zero-order valence-electron chi connectivity index (χ0n) is 16.9. The van der Waals surface area contributed by atoms with Crippen molar-refractivity contribution >= 4 is 11.4 Å². The number of hydrogen-bond acceptors (Lipinski definition) is 7.